The Morgan fingerprint density at radius 1 is 0.971 bits per heavy atom. The van der Waals surface area contributed by atoms with Gasteiger partial charge in [-0.2, -0.15) is 4.31 Å². The van der Waals surface area contributed by atoms with E-state index < -0.39 is 10.0 Å². The molecule has 1 atom stereocenters. The minimum Gasteiger partial charge on any atom is -0.273 e. The Hall–Kier alpha value is -2.13. The summed E-state index contributed by atoms with van der Waals surface area (Å²) in [7, 11) is -3.68. The van der Waals surface area contributed by atoms with Crippen LogP contribution in [0.5, 0.6) is 0 Å². The summed E-state index contributed by atoms with van der Waals surface area (Å²) in [6.07, 6.45) is 1.51. The van der Waals surface area contributed by atoms with Gasteiger partial charge in [0.1, 0.15) is 0 Å². The molecule has 184 valence electrons. The summed E-state index contributed by atoms with van der Waals surface area (Å²) in [6, 6.07) is 18.4. The predicted molar refractivity (Wildman–Crippen MR) is 141 cm³/mol. The van der Waals surface area contributed by atoms with Crippen molar-refractivity contribution in [1.82, 2.24) is 4.31 Å². The maximum absolute atomic E-state index is 13.2. The highest BCUT2D eigenvalue weighted by Gasteiger charge is 2.32. The highest BCUT2D eigenvalue weighted by molar-refractivity contribution is 7.89. The zero-order valence-electron chi connectivity index (χ0n) is 18.7. The summed E-state index contributed by atoms with van der Waals surface area (Å²) in [4.78, 5) is 13.3. The third kappa shape index (κ3) is 5.82. The molecule has 2 N–H and O–H groups in total. The molecule has 1 saturated heterocycles. The Morgan fingerprint density at radius 3 is 2.37 bits per heavy atom. The van der Waals surface area contributed by atoms with E-state index in [0.717, 1.165) is 11.4 Å². The van der Waals surface area contributed by atoms with Crippen LogP contribution in [-0.4, -0.2) is 31.7 Å². The van der Waals surface area contributed by atoms with Crippen molar-refractivity contribution in [2.45, 2.75) is 24.2 Å². The molecule has 0 radical (unpaired) electrons. The number of rotatable bonds is 6. The van der Waals surface area contributed by atoms with Gasteiger partial charge in [0.25, 0.3) is 0 Å². The van der Waals surface area contributed by atoms with Gasteiger partial charge in [0, 0.05) is 45.7 Å². The smallest absolute Gasteiger partial charge is 0.243 e. The number of hydrogen-bond donors (Lipinski definition) is 1. The molecule has 6 nitrogen and oxygen atoms in total. The van der Waals surface area contributed by atoms with Crippen LogP contribution in [0.2, 0.25) is 15.1 Å². The van der Waals surface area contributed by atoms with Gasteiger partial charge < -0.3 is 0 Å². The van der Waals surface area contributed by atoms with E-state index in [9.17, 15) is 13.2 Å². The lowest BCUT2D eigenvalue weighted by Gasteiger charge is -2.32. The number of piperidine rings is 1. The number of hydrogen-bond acceptors (Lipinski definition) is 4. The Morgan fingerprint density at radius 2 is 1.66 bits per heavy atom. The maximum atomic E-state index is 13.2. The highest BCUT2D eigenvalue weighted by atomic mass is 35.5. The fourth-order valence-electron chi connectivity index (χ4n) is 4.27. The van der Waals surface area contributed by atoms with Crippen LogP contribution in [0.1, 0.15) is 19.3 Å². The molecule has 0 spiro atoms. The quantitative estimate of drug-likeness (QED) is 0.231. The number of carbonyl (C=O) groups is 1. The number of nitrogens with zero attached hydrogens (tertiary/aromatic N) is 2. The summed E-state index contributed by atoms with van der Waals surface area (Å²) in [6.45, 7) is 0.648. The van der Waals surface area contributed by atoms with Gasteiger partial charge in [0.2, 0.25) is 15.9 Å². The standard InChI is InChI=1S/C25H24Cl3N3O3S/c26-18-7-10-20(11-8-18)35(33,34)30-13-3-4-17(16-30)14-25(32)31(29)24-6-2-1-5-22(24)21-12-9-19(27)15-23(21)28/h1-2,5-12,15,17H,3-4,13-14,16,29H2. The second-order valence-corrected chi connectivity index (χ2v) is 11.7. The number of para-hydroxylation sites is 1. The van der Waals surface area contributed by atoms with Gasteiger partial charge in [-0.05, 0) is 61.2 Å². The fourth-order valence-corrected chi connectivity index (χ4v) is 6.46. The number of anilines is 1. The molecule has 0 saturated carbocycles. The van der Waals surface area contributed by atoms with Gasteiger partial charge in [0.05, 0.1) is 10.6 Å². The fraction of sp³-hybridized carbons (Fsp3) is 0.240. The van der Waals surface area contributed by atoms with Crippen molar-refractivity contribution in [2.75, 3.05) is 18.1 Å². The molecular formula is C25H24Cl3N3O3S. The third-order valence-corrected chi connectivity index (χ3v) is 8.73. The van der Waals surface area contributed by atoms with Crippen molar-refractivity contribution < 1.29 is 13.2 Å². The number of halogens is 3. The van der Waals surface area contributed by atoms with Gasteiger partial charge in [0.15, 0.2) is 0 Å². The van der Waals surface area contributed by atoms with Crippen LogP contribution in [0.3, 0.4) is 0 Å². The van der Waals surface area contributed by atoms with Crippen LogP contribution in [0.25, 0.3) is 11.1 Å². The molecule has 0 aliphatic carbocycles. The first-order valence-corrected chi connectivity index (χ1v) is 13.6. The number of amides is 1. The van der Waals surface area contributed by atoms with Crippen LogP contribution >= 0.6 is 34.8 Å². The molecule has 3 aromatic carbocycles. The lowest BCUT2D eigenvalue weighted by atomic mass is 9.95. The topological polar surface area (TPSA) is 83.7 Å². The van der Waals surface area contributed by atoms with Crippen molar-refractivity contribution in [1.29, 1.82) is 0 Å². The van der Waals surface area contributed by atoms with E-state index in [2.05, 4.69) is 0 Å². The normalized spacial score (nSPS) is 16.7. The van der Waals surface area contributed by atoms with Crippen molar-refractivity contribution in [3.8, 4) is 11.1 Å². The molecule has 1 aliphatic heterocycles. The number of hydrazine groups is 1. The van der Waals surface area contributed by atoms with Crippen LogP contribution in [-0.2, 0) is 14.8 Å². The molecule has 1 amide bonds. The van der Waals surface area contributed by atoms with E-state index in [0.29, 0.717) is 44.8 Å². The molecule has 35 heavy (non-hydrogen) atoms. The van der Waals surface area contributed by atoms with Crippen molar-refractivity contribution in [3.05, 3.63) is 81.8 Å². The first-order chi connectivity index (χ1) is 16.7. The molecular weight excluding hydrogens is 529 g/mol. The summed E-state index contributed by atoms with van der Waals surface area (Å²) in [5.41, 5.74) is 1.90. The zero-order chi connectivity index (χ0) is 25.2. The highest BCUT2D eigenvalue weighted by Crippen LogP contribution is 2.36. The van der Waals surface area contributed by atoms with Crippen LogP contribution in [0, 0.1) is 5.92 Å². The summed E-state index contributed by atoms with van der Waals surface area (Å²) in [5, 5.41) is 2.54. The summed E-state index contributed by atoms with van der Waals surface area (Å²) < 4.78 is 27.6. The molecule has 1 fully saturated rings. The SMILES string of the molecule is NN(C(=O)CC1CCCN(S(=O)(=O)c2ccc(Cl)cc2)C1)c1ccccc1-c1ccc(Cl)cc1Cl. The van der Waals surface area contributed by atoms with E-state index >= 15 is 0 Å². The van der Waals surface area contributed by atoms with Crippen LogP contribution < -0.4 is 10.9 Å². The second kappa shape index (κ2) is 10.9. The van der Waals surface area contributed by atoms with Crippen molar-refractivity contribution in [2.24, 2.45) is 11.8 Å². The number of sulfonamides is 1. The largest absolute Gasteiger partial charge is 0.273 e. The lowest BCUT2D eigenvalue weighted by molar-refractivity contribution is -0.119. The Bertz CT molecular complexity index is 1330. The molecule has 3 aromatic rings. The molecule has 1 unspecified atom stereocenters. The van der Waals surface area contributed by atoms with E-state index in [-0.39, 0.29) is 29.7 Å². The molecule has 10 heteroatoms. The number of nitrogens with two attached hydrogens (primary N) is 1. The Labute approximate surface area is 220 Å². The van der Waals surface area contributed by atoms with Crippen molar-refractivity contribution >= 4 is 56.4 Å². The predicted octanol–water partition coefficient (Wildman–Crippen LogP) is 6.01. The number of benzene rings is 3. The van der Waals surface area contributed by atoms with Gasteiger partial charge in [-0.25, -0.2) is 19.3 Å². The first-order valence-electron chi connectivity index (χ1n) is 11.0. The van der Waals surface area contributed by atoms with Crippen LogP contribution in [0.15, 0.2) is 71.6 Å². The lowest BCUT2D eigenvalue weighted by Crippen LogP contribution is -2.43. The maximum Gasteiger partial charge on any atom is 0.243 e. The summed E-state index contributed by atoms with van der Waals surface area (Å²) >= 11 is 18.3. The van der Waals surface area contributed by atoms with Crippen molar-refractivity contribution in [3.63, 3.8) is 0 Å². The number of carbonyl (C=O) groups excluding carboxylic acids is 1. The van der Waals surface area contributed by atoms with Crippen LogP contribution in [0.4, 0.5) is 5.69 Å². The van der Waals surface area contributed by atoms with E-state index in [1.54, 1.807) is 42.5 Å². The van der Waals surface area contributed by atoms with E-state index in [1.807, 2.05) is 12.1 Å². The zero-order valence-corrected chi connectivity index (χ0v) is 21.8. The first kappa shape index (κ1) is 25.9. The molecule has 0 aromatic heterocycles. The minimum atomic E-state index is -3.68. The van der Waals surface area contributed by atoms with Gasteiger partial charge >= 0.3 is 0 Å². The van der Waals surface area contributed by atoms with Gasteiger partial charge in [-0.1, -0.05) is 59.1 Å². The molecule has 4 rings (SSSR count). The van der Waals surface area contributed by atoms with Gasteiger partial charge in [-0.15, -0.1) is 0 Å². The Balaban J connectivity index is 1.50. The third-order valence-electron chi connectivity index (χ3n) is 6.05. The van der Waals surface area contributed by atoms with E-state index in [4.69, 9.17) is 40.6 Å². The second-order valence-electron chi connectivity index (χ2n) is 8.43. The average Bonchev–Trinajstić information content (AvgIpc) is 2.84. The molecule has 1 heterocycles. The average molecular weight is 553 g/mol. The van der Waals surface area contributed by atoms with Gasteiger partial charge in [-0.3, -0.25) is 4.79 Å². The minimum absolute atomic E-state index is 0.117. The Kier molecular flexibility index (Phi) is 8.06. The monoisotopic (exact) mass is 551 g/mol. The summed E-state index contributed by atoms with van der Waals surface area (Å²) in [5.74, 6) is 5.81. The molecule has 1 aliphatic rings. The van der Waals surface area contributed by atoms with E-state index in [1.165, 1.54) is 16.4 Å². The molecule has 0 bridgehead atoms.